The number of carbonyl (C=O) groups excluding carboxylic acids is 6. The number of guanidine groups is 1. The lowest BCUT2D eigenvalue weighted by Gasteiger charge is -2.23. The summed E-state index contributed by atoms with van der Waals surface area (Å²) in [4.78, 5) is 108. The zero-order chi connectivity index (χ0) is 45.3. The number of aliphatic carboxylic acids is 1. The van der Waals surface area contributed by atoms with Gasteiger partial charge in [-0.1, -0.05) is 0 Å². The average Bonchev–Trinajstić information content (AvgIpc) is 3.43. The number of hydrogen-bond donors (Lipinski definition) is 12. The number of alkyl carbamates (subject to hydrolysis) is 1. The molecule has 2 rings (SSSR count). The second-order valence-corrected chi connectivity index (χ2v) is 14.5. The lowest BCUT2D eigenvalue weighted by atomic mass is 10.1. The van der Waals surface area contributed by atoms with E-state index in [0.29, 0.717) is 17.2 Å². The molecule has 0 radical (unpaired) electrons. The van der Waals surface area contributed by atoms with E-state index in [4.69, 9.17) is 20.9 Å². The summed E-state index contributed by atoms with van der Waals surface area (Å²) >= 11 is 0. The Kier molecular flexibility index (Phi) is 19.7. The monoisotopic (exact) mass is 859 g/mol. The largest absolute Gasteiger partial charge is 0.480 e. The minimum Gasteiger partial charge on any atom is -0.480 e. The summed E-state index contributed by atoms with van der Waals surface area (Å²) in [6.45, 7) is 4.84. The number of halogens is 1. The first kappa shape index (κ1) is 50.2. The minimum absolute atomic E-state index is 0.00475. The molecule has 25 nitrogen and oxygen atoms in total. The van der Waals surface area contributed by atoms with Gasteiger partial charge in [0.05, 0.1) is 25.8 Å². The van der Waals surface area contributed by atoms with Crippen LogP contribution in [0.5, 0.6) is 0 Å². The van der Waals surface area contributed by atoms with Crippen LogP contribution in [0, 0.1) is 5.82 Å². The van der Waals surface area contributed by atoms with Crippen molar-refractivity contribution < 1.29 is 67.9 Å². The van der Waals surface area contributed by atoms with E-state index in [0.717, 1.165) is 0 Å². The number of hydrogen-bond acceptors (Lipinski definition) is 15. The van der Waals surface area contributed by atoms with Crippen molar-refractivity contribution in [2.45, 2.75) is 114 Å². The second-order valence-electron chi connectivity index (χ2n) is 14.5. The van der Waals surface area contributed by atoms with E-state index < -0.39 is 121 Å². The molecule has 0 aromatic carbocycles. The molecular formula is C34H54FN11O14. The van der Waals surface area contributed by atoms with Crippen molar-refractivity contribution in [3.63, 3.8) is 0 Å². The van der Waals surface area contributed by atoms with Gasteiger partial charge < -0.3 is 73.3 Å². The van der Waals surface area contributed by atoms with Gasteiger partial charge in [0, 0.05) is 20.0 Å². The number of nitrogens with one attached hydrogen (secondary N) is 6. The summed E-state index contributed by atoms with van der Waals surface area (Å²) in [5, 5.41) is 53.0. The number of aromatic nitrogens is 2. The van der Waals surface area contributed by atoms with Crippen LogP contribution < -0.4 is 49.1 Å². The zero-order valence-corrected chi connectivity index (χ0v) is 33.4. The van der Waals surface area contributed by atoms with Gasteiger partial charge in [-0.15, -0.1) is 0 Å². The Bertz CT molecular complexity index is 1790. The lowest BCUT2D eigenvalue weighted by molar-refractivity contribution is -0.143. The third-order valence-electron chi connectivity index (χ3n) is 8.28. The Morgan fingerprint density at radius 3 is 2.17 bits per heavy atom. The van der Waals surface area contributed by atoms with Gasteiger partial charge in [-0.25, -0.2) is 18.8 Å². The molecule has 1 fully saturated rings. The molecule has 14 N–H and O–H groups in total. The van der Waals surface area contributed by atoms with E-state index in [1.165, 1.54) is 6.92 Å². The number of aliphatic hydroxyl groups is 3. The first-order valence-electron chi connectivity index (χ1n) is 18.6. The predicted molar refractivity (Wildman–Crippen MR) is 205 cm³/mol. The van der Waals surface area contributed by atoms with E-state index in [9.17, 15) is 58.8 Å². The normalized spacial score (nSPS) is 18.8. The average molecular weight is 860 g/mol. The Morgan fingerprint density at radius 2 is 1.58 bits per heavy atom. The van der Waals surface area contributed by atoms with Crippen molar-refractivity contribution in [2.75, 3.05) is 31.6 Å². The zero-order valence-electron chi connectivity index (χ0n) is 33.4. The summed E-state index contributed by atoms with van der Waals surface area (Å²) in [6, 6.07) is -4.63. The molecule has 0 spiro atoms. The Hall–Kier alpha value is -5.99. The highest BCUT2D eigenvalue weighted by molar-refractivity contribution is 5.97. The van der Waals surface area contributed by atoms with Crippen molar-refractivity contribution in [1.29, 1.82) is 0 Å². The summed E-state index contributed by atoms with van der Waals surface area (Å²) in [6.07, 6.45) is -7.10. The Labute approximate surface area is 342 Å². The van der Waals surface area contributed by atoms with E-state index in [1.807, 2.05) is 0 Å². The molecule has 7 atom stereocenters. The number of carbonyl (C=O) groups is 7. The van der Waals surface area contributed by atoms with Gasteiger partial charge in [0.15, 0.2) is 23.8 Å². The van der Waals surface area contributed by atoms with Crippen molar-refractivity contribution in [3.8, 4) is 0 Å². The maximum absolute atomic E-state index is 15.2. The number of nitrogens with two attached hydrogens (primary N) is 2. The fourth-order valence-electron chi connectivity index (χ4n) is 5.43. The number of carboxylic acids is 1. The van der Waals surface area contributed by atoms with Gasteiger partial charge >= 0.3 is 17.8 Å². The highest BCUT2D eigenvalue weighted by Gasteiger charge is 2.44. The predicted octanol–water partition coefficient (Wildman–Crippen LogP) is -4.25. The van der Waals surface area contributed by atoms with Crippen LogP contribution in [0.4, 0.5) is 15.0 Å². The summed E-state index contributed by atoms with van der Waals surface area (Å²) in [5.41, 5.74) is 8.47. The molecule has 0 bridgehead atoms. The Morgan fingerprint density at radius 1 is 0.950 bits per heavy atom. The molecule has 60 heavy (non-hydrogen) atoms. The number of unbranched alkanes of at least 4 members (excludes halogenated alkanes) is 1. The third-order valence-corrected chi connectivity index (χ3v) is 8.28. The van der Waals surface area contributed by atoms with Crippen molar-refractivity contribution in [2.24, 2.45) is 16.5 Å². The molecule has 0 saturated carbocycles. The van der Waals surface area contributed by atoms with Crippen LogP contribution in [-0.2, 0) is 38.2 Å². The molecule has 3 unspecified atom stereocenters. The fraction of sp³-hybridized carbons (Fsp3) is 0.647. The number of nitrogens with zero attached hydrogens (tertiary/aromatic N) is 3. The number of amides is 6. The number of carboxylic acid groups (broad SMARTS) is 1. The molecule has 1 aromatic heterocycles. The number of ether oxygens (including phenoxy) is 2. The van der Waals surface area contributed by atoms with E-state index in [2.05, 4.69) is 41.9 Å². The van der Waals surface area contributed by atoms with Crippen molar-refractivity contribution >= 4 is 53.4 Å². The number of aliphatic hydroxyl groups excluding tert-OH is 3. The minimum atomic E-state index is -1.89. The van der Waals surface area contributed by atoms with E-state index in [-0.39, 0.29) is 50.6 Å². The Balaban J connectivity index is 2.14. The van der Waals surface area contributed by atoms with E-state index in [1.54, 1.807) is 20.8 Å². The first-order chi connectivity index (χ1) is 28.0. The maximum atomic E-state index is 15.2. The van der Waals surface area contributed by atoms with Crippen LogP contribution >= 0.6 is 0 Å². The molecule has 1 aromatic rings. The van der Waals surface area contributed by atoms with Crippen LogP contribution in [0.3, 0.4) is 0 Å². The smallest absolute Gasteiger partial charge is 0.408 e. The molecule has 26 heteroatoms. The molecule has 1 saturated heterocycles. The summed E-state index contributed by atoms with van der Waals surface area (Å²) in [7, 11) is 0. The van der Waals surface area contributed by atoms with Gasteiger partial charge in [0.1, 0.15) is 42.0 Å². The second kappa shape index (κ2) is 23.6. The summed E-state index contributed by atoms with van der Waals surface area (Å²) in [5.74, 6) is -8.50. The van der Waals surface area contributed by atoms with Gasteiger partial charge in [0.2, 0.25) is 29.5 Å². The highest BCUT2D eigenvalue weighted by Crippen LogP contribution is 2.28. The maximum Gasteiger partial charge on any atom is 0.408 e. The third kappa shape index (κ3) is 17.1. The van der Waals surface area contributed by atoms with Crippen LogP contribution in [-0.4, -0.2) is 146 Å². The molecule has 2 heterocycles. The van der Waals surface area contributed by atoms with Crippen LogP contribution in [0.2, 0.25) is 0 Å². The van der Waals surface area contributed by atoms with Crippen molar-refractivity contribution in [1.82, 2.24) is 36.1 Å². The van der Waals surface area contributed by atoms with Gasteiger partial charge in [-0.3, -0.25) is 33.5 Å². The van der Waals surface area contributed by atoms with Crippen LogP contribution in [0.15, 0.2) is 16.0 Å². The lowest BCUT2D eigenvalue weighted by Crippen LogP contribution is -2.52. The highest BCUT2D eigenvalue weighted by atomic mass is 19.1. The van der Waals surface area contributed by atoms with Gasteiger partial charge in [-0.05, 0) is 52.9 Å². The topological polar surface area (TPSA) is 390 Å². The number of anilines is 1. The number of aliphatic imine (C=N–C) groups is 1. The van der Waals surface area contributed by atoms with Gasteiger partial charge in [-0.2, -0.15) is 4.98 Å². The molecular weight excluding hydrogens is 805 g/mol. The van der Waals surface area contributed by atoms with Crippen LogP contribution in [0.1, 0.15) is 72.4 Å². The van der Waals surface area contributed by atoms with Crippen LogP contribution in [0.25, 0.3) is 0 Å². The molecule has 1 aliphatic heterocycles. The fourth-order valence-corrected chi connectivity index (χ4v) is 5.43. The quantitative estimate of drug-likeness (QED) is 0.0298. The standard InChI is InChI=1S/C34H54FN11O14/c1-16(48)38-10-6-5-8-19(28(54)44-26-17(35)14-46(32(57)45-26)29-25(52)24(51)21(15-47)59-29)41-22(49)12-20(30(55)56)42-23(50)13-40-27(53)18(9-7-11-39-31(36)37)43-33(58)60-34(2,3)4/h14,18-21,24-25,29,47,51-52H,5-13,15H2,1-4H3,(H,38,48)(H,40,53)(H,41,49)(H,42,50)(H,43,58)(H,55,56)(H4,36,37,39)(H,44,45,54,57)/t18?,19?,20?,21-,24-,25-,29-/m1/s1. The molecule has 1 aliphatic rings. The van der Waals surface area contributed by atoms with Gasteiger partial charge in [0.25, 0.3) is 0 Å². The molecule has 0 aliphatic carbocycles. The molecule has 6 amide bonds. The van der Waals surface area contributed by atoms with E-state index >= 15 is 4.39 Å². The summed E-state index contributed by atoms with van der Waals surface area (Å²) < 4.78 is 26.1. The number of rotatable bonds is 22. The van der Waals surface area contributed by atoms with Crippen molar-refractivity contribution in [3.05, 3.63) is 22.5 Å². The SMILES string of the molecule is CC(=O)NCCCCC(NC(=O)CC(NC(=O)CNC(=O)C(CCCN=C(N)N)NC(=O)OC(C)(C)C)C(=O)O)C(=O)Nc1nc(=O)n([C@@H]2O[C@H](CO)[C@@H](O)[C@H]2O)cc1F. The first-order valence-corrected chi connectivity index (χ1v) is 18.6. The molecule has 336 valence electrons.